The second-order valence-corrected chi connectivity index (χ2v) is 6.32. The number of imidazole rings is 1. The standard InChI is InChI=1S/C16H25N5/c1-12(2)21(10-13-5-4-7-17-9-13)16-15-14(6-8-18-16)20(3)11-19-15/h6,8,11-13,17H,4-5,7,9-10H2,1-3H3. The van der Waals surface area contributed by atoms with Crippen molar-refractivity contribution in [1.29, 1.82) is 0 Å². The molecule has 114 valence electrons. The number of hydrogen-bond acceptors (Lipinski definition) is 4. The van der Waals surface area contributed by atoms with Crippen LogP contribution in [0, 0.1) is 5.92 Å². The third kappa shape index (κ3) is 2.88. The van der Waals surface area contributed by atoms with Crippen LogP contribution in [0.25, 0.3) is 11.0 Å². The van der Waals surface area contributed by atoms with E-state index in [1.54, 1.807) is 0 Å². The fourth-order valence-corrected chi connectivity index (χ4v) is 3.16. The predicted octanol–water partition coefficient (Wildman–Crippen LogP) is 2.18. The molecule has 0 aliphatic carbocycles. The lowest BCUT2D eigenvalue weighted by Gasteiger charge is -2.33. The molecule has 5 heteroatoms. The van der Waals surface area contributed by atoms with E-state index < -0.39 is 0 Å². The van der Waals surface area contributed by atoms with Crippen LogP contribution in [0.3, 0.4) is 0 Å². The summed E-state index contributed by atoms with van der Waals surface area (Å²) in [6.07, 6.45) is 6.34. The number of piperidine rings is 1. The van der Waals surface area contributed by atoms with Crippen LogP contribution in [0.15, 0.2) is 18.6 Å². The second kappa shape index (κ2) is 6.02. The Morgan fingerprint density at radius 1 is 1.43 bits per heavy atom. The molecule has 1 unspecified atom stereocenters. The molecule has 1 aliphatic rings. The molecule has 2 aromatic rings. The fraction of sp³-hybridized carbons (Fsp3) is 0.625. The number of aryl methyl sites for hydroxylation is 1. The predicted molar refractivity (Wildman–Crippen MR) is 86.6 cm³/mol. The molecule has 1 saturated heterocycles. The van der Waals surface area contributed by atoms with E-state index in [2.05, 4.69) is 38.6 Å². The van der Waals surface area contributed by atoms with E-state index in [9.17, 15) is 0 Å². The van der Waals surface area contributed by atoms with Gasteiger partial charge in [-0.25, -0.2) is 9.97 Å². The van der Waals surface area contributed by atoms with Crippen molar-refractivity contribution in [3.63, 3.8) is 0 Å². The third-order valence-corrected chi connectivity index (χ3v) is 4.37. The van der Waals surface area contributed by atoms with Crippen LogP contribution in [-0.2, 0) is 7.05 Å². The number of aromatic nitrogens is 3. The summed E-state index contributed by atoms with van der Waals surface area (Å²) in [7, 11) is 2.03. The summed E-state index contributed by atoms with van der Waals surface area (Å²) >= 11 is 0. The molecule has 1 N–H and O–H groups in total. The average molecular weight is 287 g/mol. The highest BCUT2D eigenvalue weighted by Crippen LogP contribution is 2.26. The van der Waals surface area contributed by atoms with Gasteiger partial charge in [-0.3, -0.25) is 0 Å². The van der Waals surface area contributed by atoms with Crippen LogP contribution in [0.4, 0.5) is 5.82 Å². The minimum atomic E-state index is 0.423. The van der Waals surface area contributed by atoms with E-state index in [-0.39, 0.29) is 0 Å². The SMILES string of the molecule is CC(C)N(CC1CCCNC1)c1nccc2c1ncn2C. The Hall–Kier alpha value is -1.62. The highest BCUT2D eigenvalue weighted by Gasteiger charge is 2.22. The maximum Gasteiger partial charge on any atom is 0.156 e. The van der Waals surface area contributed by atoms with E-state index in [1.165, 1.54) is 12.8 Å². The number of nitrogens with one attached hydrogen (secondary N) is 1. The van der Waals surface area contributed by atoms with Crippen LogP contribution in [0.5, 0.6) is 0 Å². The molecule has 1 aliphatic heterocycles. The number of nitrogens with zero attached hydrogens (tertiary/aromatic N) is 4. The van der Waals surface area contributed by atoms with Crippen LogP contribution in [0.1, 0.15) is 26.7 Å². The van der Waals surface area contributed by atoms with Gasteiger partial charge in [-0.2, -0.15) is 0 Å². The molecular weight excluding hydrogens is 262 g/mol. The van der Waals surface area contributed by atoms with Crippen LogP contribution < -0.4 is 10.2 Å². The maximum absolute atomic E-state index is 4.64. The van der Waals surface area contributed by atoms with Gasteiger partial charge in [0.2, 0.25) is 0 Å². The van der Waals surface area contributed by atoms with E-state index in [0.29, 0.717) is 12.0 Å². The van der Waals surface area contributed by atoms with Gasteiger partial charge in [0.05, 0.1) is 11.8 Å². The molecule has 3 rings (SSSR count). The second-order valence-electron chi connectivity index (χ2n) is 6.32. The van der Waals surface area contributed by atoms with Gasteiger partial charge >= 0.3 is 0 Å². The molecule has 5 nitrogen and oxygen atoms in total. The normalized spacial score (nSPS) is 19.3. The first-order valence-electron chi connectivity index (χ1n) is 7.90. The molecule has 1 fully saturated rings. The van der Waals surface area contributed by atoms with Crippen molar-refractivity contribution >= 4 is 16.9 Å². The van der Waals surface area contributed by atoms with Crippen LogP contribution in [0.2, 0.25) is 0 Å². The molecule has 1 atom stereocenters. The van der Waals surface area contributed by atoms with Gasteiger partial charge in [-0.15, -0.1) is 0 Å². The molecule has 21 heavy (non-hydrogen) atoms. The van der Waals surface area contributed by atoms with E-state index in [1.807, 2.05) is 25.6 Å². The summed E-state index contributed by atoms with van der Waals surface area (Å²) in [4.78, 5) is 11.6. The summed E-state index contributed by atoms with van der Waals surface area (Å²) in [5.74, 6) is 1.72. The van der Waals surface area contributed by atoms with Gasteiger partial charge in [0, 0.05) is 25.8 Å². The number of pyridine rings is 1. The minimum Gasteiger partial charge on any atom is -0.352 e. The van der Waals surface area contributed by atoms with Gasteiger partial charge < -0.3 is 14.8 Å². The van der Waals surface area contributed by atoms with Crippen LogP contribution >= 0.6 is 0 Å². The summed E-state index contributed by atoms with van der Waals surface area (Å²) in [6.45, 7) is 7.79. The van der Waals surface area contributed by atoms with Gasteiger partial charge in [-0.1, -0.05) is 0 Å². The zero-order chi connectivity index (χ0) is 14.8. The van der Waals surface area contributed by atoms with E-state index in [0.717, 1.165) is 36.5 Å². The van der Waals surface area contributed by atoms with E-state index in [4.69, 9.17) is 0 Å². The Morgan fingerprint density at radius 3 is 3.00 bits per heavy atom. The van der Waals surface area contributed by atoms with Gasteiger partial charge in [-0.05, 0) is 51.8 Å². The number of hydrogen-bond donors (Lipinski definition) is 1. The van der Waals surface area contributed by atoms with Crippen molar-refractivity contribution in [2.24, 2.45) is 13.0 Å². The zero-order valence-corrected chi connectivity index (χ0v) is 13.2. The van der Waals surface area contributed by atoms with Gasteiger partial charge in [0.1, 0.15) is 5.52 Å². The average Bonchev–Trinajstić information content (AvgIpc) is 2.87. The topological polar surface area (TPSA) is 46.0 Å². The molecule has 0 spiro atoms. The van der Waals surface area contributed by atoms with Crippen molar-refractivity contribution < 1.29 is 0 Å². The van der Waals surface area contributed by atoms with Crippen LogP contribution in [-0.4, -0.2) is 40.2 Å². The summed E-state index contributed by atoms with van der Waals surface area (Å²) in [6, 6.07) is 2.46. The third-order valence-electron chi connectivity index (χ3n) is 4.37. The lowest BCUT2D eigenvalue weighted by molar-refractivity contribution is 0.370. The summed E-state index contributed by atoms with van der Waals surface area (Å²) < 4.78 is 2.06. The maximum atomic E-state index is 4.64. The Kier molecular flexibility index (Phi) is 4.10. The van der Waals surface area contributed by atoms with Gasteiger partial charge in [0.15, 0.2) is 5.82 Å². The first-order chi connectivity index (χ1) is 10.2. The highest BCUT2D eigenvalue weighted by atomic mass is 15.2. The minimum absolute atomic E-state index is 0.423. The number of fused-ring (bicyclic) bond motifs is 1. The Morgan fingerprint density at radius 2 is 2.29 bits per heavy atom. The van der Waals surface area contributed by atoms with E-state index >= 15 is 0 Å². The monoisotopic (exact) mass is 287 g/mol. The van der Waals surface area contributed by atoms with Crippen molar-refractivity contribution in [3.8, 4) is 0 Å². The lowest BCUT2D eigenvalue weighted by Crippen LogP contribution is -2.41. The molecule has 3 heterocycles. The highest BCUT2D eigenvalue weighted by molar-refractivity contribution is 5.86. The van der Waals surface area contributed by atoms with Gasteiger partial charge in [0.25, 0.3) is 0 Å². The Labute approximate surface area is 126 Å². The first-order valence-corrected chi connectivity index (χ1v) is 7.90. The largest absolute Gasteiger partial charge is 0.352 e. The molecule has 2 aromatic heterocycles. The first kappa shape index (κ1) is 14.3. The Balaban J connectivity index is 1.91. The quantitative estimate of drug-likeness (QED) is 0.936. The van der Waals surface area contributed by atoms with Crippen molar-refractivity contribution in [3.05, 3.63) is 18.6 Å². The van der Waals surface area contributed by atoms with Crippen molar-refractivity contribution in [1.82, 2.24) is 19.9 Å². The fourth-order valence-electron chi connectivity index (χ4n) is 3.16. The zero-order valence-electron chi connectivity index (χ0n) is 13.2. The lowest BCUT2D eigenvalue weighted by atomic mass is 9.98. The molecular formula is C16H25N5. The number of rotatable bonds is 4. The molecule has 0 bridgehead atoms. The molecule has 0 amide bonds. The number of anilines is 1. The smallest absolute Gasteiger partial charge is 0.156 e. The Bertz CT molecular complexity index is 598. The molecule has 0 aromatic carbocycles. The van der Waals surface area contributed by atoms with Crippen molar-refractivity contribution in [2.75, 3.05) is 24.5 Å². The summed E-state index contributed by atoms with van der Waals surface area (Å²) in [5, 5.41) is 3.51. The molecule has 0 radical (unpaired) electrons. The summed E-state index contributed by atoms with van der Waals surface area (Å²) in [5.41, 5.74) is 2.16. The molecule has 0 saturated carbocycles. The van der Waals surface area contributed by atoms with Crippen molar-refractivity contribution in [2.45, 2.75) is 32.7 Å².